The summed E-state index contributed by atoms with van der Waals surface area (Å²) in [6.45, 7) is 3.59. The number of ether oxygens (including phenoxy) is 1. The molecule has 1 N–H and O–H groups in total. The molecular weight excluding hydrogens is 244 g/mol. The zero-order valence-electron chi connectivity index (χ0n) is 11.1. The number of hydrogen-bond donors (Lipinski definition) is 1. The molecule has 6 heteroatoms. The predicted octanol–water partition coefficient (Wildman–Crippen LogP) is 1.55. The minimum atomic E-state index is -0.490. The van der Waals surface area contributed by atoms with Crippen LogP contribution in [0.5, 0.6) is 0 Å². The van der Waals surface area contributed by atoms with Crippen LogP contribution < -0.4 is 5.32 Å². The van der Waals surface area contributed by atoms with E-state index in [9.17, 15) is 4.79 Å². The summed E-state index contributed by atoms with van der Waals surface area (Å²) < 4.78 is 6.80. The Morgan fingerprint density at radius 1 is 1.42 bits per heavy atom. The van der Waals surface area contributed by atoms with Gasteiger partial charge in [-0.3, -0.25) is 9.36 Å². The molecule has 19 heavy (non-hydrogen) atoms. The largest absolute Gasteiger partial charge is 0.372 e. The topological polar surface area (TPSA) is 69.0 Å². The van der Waals surface area contributed by atoms with E-state index < -0.39 is 6.10 Å². The second-order valence-electron chi connectivity index (χ2n) is 4.12. The molecule has 0 aliphatic carbocycles. The fourth-order valence-electron chi connectivity index (χ4n) is 1.57. The van der Waals surface area contributed by atoms with E-state index in [4.69, 9.17) is 4.74 Å². The molecule has 0 aliphatic heterocycles. The number of pyridine rings is 1. The Hall–Kier alpha value is -2.21. The van der Waals surface area contributed by atoms with Crippen LogP contribution in [0.4, 0.5) is 5.69 Å². The van der Waals surface area contributed by atoms with Gasteiger partial charge in [-0.2, -0.15) is 0 Å². The van der Waals surface area contributed by atoms with Gasteiger partial charge >= 0.3 is 0 Å². The third kappa shape index (κ3) is 2.97. The van der Waals surface area contributed by atoms with Gasteiger partial charge in [0.15, 0.2) is 0 Å². The standard InChI is InChI=1S/C13H16N4O2/c1-9(19-3)13(18)16-11-4-5-12(15-8-11)17-7-6-14-10(17)2/h4-9H,1-3H3,(H,16,18). The number of aromatic nitrogens is 3. The maximum Gasteiger partial charge on any atom is 0.253 e. The van der Waals surface area contributed by atoms with Crippen molar-refractivity contribution in [1.82, 2.24) is 14.5 Å². The number of carbonyl (C=O) groups excluding carboxylic acids is 1. The maximum atomic E-state index is 11.6. The molecule has 1 atom stereocenters. The molecule has 2 aromatic rings. The van der Waals surface area contributed by atoms with Gasteiger partial charge in [-0.1, -0.05) is 0 Å². The van der Waals surface area contributed by atoms with Crippen LogP contribution in [-0.2, 0) is 9.53 Å². The van der Waals surface area contributed by atoms with Crippen LogP contribution >= 0.6 is 0 Å². The number of aryl methyl sites for hydroxylation is 1. The van der Waals surface area contributed by atoms with E-state index in [0.717, 1.165) is 11.6 Å². The fourth-order valence-corrected chi connectivity index (χ4v) is 1.57. The lowest BCUT2D eigenvalue weighted by atomic mass is 10.3. The van der Waals surface area contributed by atoms with Crippen molar-refractivity contribution in [2.24, 2.45) is 0 Å². The molecule has 2 rings (SSSR count). The van der Waals surface area contributed by atoms with Gasteiger partial charge in [0.1, 0.15) is 17.7 Å². The molecule has 0 radical (unpaired) electrons. The molecule has 0 spiro atoms. The lowest BCUT2D eigenvalue weighted by Crippen LogP contribution is -2.26. The maximum absolute atomic E-state index is 11.6. The molecule has 0 saturated heterocycles. The van der Waals surface area contributed by atoms with E-state index >= 15 is 0 Å². The molecule has 0 fully saturated rings. The molecule has 0 aliphatic rings. The van der Waals surface area contributed by atoms with E-state index in [1.807, 2.05) is 23.8 Å². The average Bonchev–Trinajstić information content (AvgIpc) is 2.85. The number of hydrogen-bond acceptors (Lipinski definition) is 4. The Morgan fingerprint density at radius 3 is 2.74 bits per heavy atom. The lowest BCUT2D eigenvalue weighted by molar-refractivity contribution is -0.124. The van der Waals surface area contributed by atoms with Crippen molar-refractivity contribution in [3.63, 3.8) is 0 Å². The second kappa shape index (κ2) is 5.62. The number of rotatable bonds is 4. The first-order chi connectivity index (χ1) is 9.11. The molecule has 0 bridgehead atoms. The third-order valence-electron chi connectivity index (χ3n) is 2.81. The van der Waals surface area contributed by atoms with Crippen LogP contribution in [0, 0.1) is 6.92 Å². The monoisotopic (exact) mass is 260 g/mol. The minimum Gasteiger partial charge on any atom is -0.372 e. The zero-order chi connectivity index (χ0) is 13.8. The lowest BCUT2D eigenvalue weighted by Gasteiger charge is -2.10. The Kier molecular flexibility index (Phi) is 3.91. The van der Waals surface area contributed by atoms with Crippen molar-refractivity contribution in [2.75, 3.05) is 12.4 Å². The molecule has 0 saturated carbocycles. The number of anilines is 1. The van der Waals surface area contributed by atoms with E-state index in [-0.39, 0.29) is 5.91 Å². The number of nitrogens with one attached hydrogen (secondary N) is 1. The normalized spacial score (nSPS) is 12.2. The van der Waals surface area contributed by atoms with Crippen molar-refractivity contribution < 1.29 is 9.53 Å². The van der Waals surface area contributed by atoms with Crippen LogP contribution in [0.1, 0.15) is 12.7 Å². The molecule has 2 heterocycles. The molecule has 1 amide bonds. The first-order valence-corrected chi connectivity index (χ1v) is 5.92. The Balaban J connectivity index is 2.11. The smallest absolute Gasteiger partial charge is 0.253 e. The molecule has 6 nitrogen and oxygen atoms in total. The first kappa shape index (κ1) is 13.2. The highest BCUT2D eigenvalue weighted by Gasteiger charge is 2.11. The van der Waals surface area contributed by atoms with E-state index in [1.54, 1.807) is 25.4 Å². The molecule has 100 valence electrons. The van der Waals surface area contributed by atoms with Crippen molar-refractivity contribution >= 4 is 11.6 Å². The first-order valence-electron chi connectivity index (χ1n) is 5.92. The van der Waals surface area contributed by atoms with Crippen LogP contribution in [-0.4, -0.2) is 33.7 Å². The van der Waals surface area contributed by atoms with Crippen molar-refractivity contribution in [1.29, 1.82) is 0 Å². The van der Waals surface area contributed by atoms with Crippen LogP contribution in [0.2, 0.25) is 0 Å². The summed E-state index contributed by atoms with van der Waals surface area (Å²) in [4.78, 5) is 20.1. The number of amides is 1. The van der Waals surface area contributed by atoms with Crippen LogP contribution in [0.3, 0.4) is 0 Å². The number of carbonyl (C=O) groups is 1. The highest BCUT2D eigenvalue weighted by Crippen LogP contribution is 2.11. The molecule has 0 aromatic carbocycles. The Labute approximate surface area is 111 Å². The Bertz CT molecular complexity index is 562. The van der Waals surface area contributed by atoms with Gasteiger partial charge in [0.05, 0.1) is 11.9 Å². The summed E-state index contributed by atoms with van der Waals surface area (Å²) in [7, 11) is 1.49. The fraction of sp³-hybridized carbons (Fsp3) is 0.308. The SMILES string of the molecule is COC(C)C(=O)Nc1ccc(-n2ccnc2C)nc1. The van der Waals surface area contributed by atoms with Gasteiger partial charge in [0.25, 0.3) is 5.91 Å². The van der Waals surface area contributed by atoms with Gasteiger partial charge < -0.3 is 10.1 Å². The zero-order valence-corrected chi connectivity index (χ0v) is 11.1. The molecular formula is C13H16N4O2. The summed E-state index contributed by atoms with van der Waals surface area (Å²) in [5.41, 5.74) is 0.635. The summed E-state index contributed by atoms with van der Waals surface area (Å²) >= 11 is 0. The summed E-state index contributed by atoms with van der Waals surface area (Å²) in [6.07, 6.45) is 4.67. The van der Waals surface area contributed by atoms with E-state index in [0.29, 0.717) is 5.69 Å². The Morgan fingerprint density at radius 2 is 2.21 bits per heavy atom. The van der Waals surface area contributed by atoms with Gasteiger partial charge in [0.2, 0.25) is 0 Å². The second-order valence-corrected chi connectivity index (χ2v) is 4.12. The number of methoxy groups -OCH3 is 1. The number of nitrogens with zero attached hydrogens (tertiary/aromatic N) is 3. The van der Waals surface area contributed by atoms with Crippen LogP contribution in [0.25, 0.3) is 5.82 Å². The van der Waals surface area contributed by atoms with Gasteiger partial charge in [-0.05, 0) is 26.0 Å². The summed E-state index contributed by atoms with van der Waals surface area (Å²) in [5.74, 6) is 1.42. The van der Waals surface area contributed by atoms with Gasteiger partial charge in [-0.15, -0.1) is 0 Å². The van der Waals surface area contributed by atoms with Crippen molar-refractivity contribution in [2.45, 2.75) is 20.0 Å². The summed E-state index contributed by atoms with van der Waals surface area (Å²) in [6, 6.07) is 3.61. The van der Waals surface area contributed by atoms with Crippen LogP contribution in [0.15, 0.2) is 30.7 Å². The minimum absolute atomic E-state index is 0.198. The van der Waals surface area contributed by atoms with E-state index in [2.05, 4.69) is 15.3 Å². The number of imidazole rings is 1. The average molecular weight is 260 g/mol. The highest BCUT2D eigenvalue weighted by atomic mass is 16.5. The van der Waals surface area contributed by atoms with Crippen molar-refractivity contribution in [3.8, 4) is 5.82 Å². The van der Waals surface area contributed by atoms with Gasteiger partial charge in [0, 0.05) is 19.5 Å². The predicted molar refractivity (Wildman–Crippen MR) is 71.2 cm³/mol. The summed E-state index contributed by atoms with van der Waals surface area (Å²) in [5, 5.41) is 2.73. The molecule has 2 aromatic heterocycles. The molecule has 1 unspecified atom stereocenters. The van der Waals surface area contributed by atoms with E-state index in [1.165, 1.54) is 7.11 Å². The quantitative estimate of drug-likeness (QED) is 0.905. The van der Waals surface area contributed by atoms with Gasteiger partial charge in [-0.25, -0.2) is 9.97 Å². The third-order valence-corrected chi connectivity index (χ3v) is 2.81. The van der Waals surface area contributed by atoms with Crippen molar-refractivity contribution in [3.05, 3.63) is 36.5 Å². The highest BCUT2D eigenvalue weighted by molar-refractivity contribution is 5.93.